The highest BCUT2D eigenvalue weighted by atomic mass is 14.1. The lowest BCUT2D eigenvalue weighted by Gasteiger charge is -2.23. The van der Waals surface area contributed by atoms with Crippen LogP contribution in [0.5, 0.6) is 0 Å². The maximum atomic E-state index is 2.40. The van der Waals surface area contributed by atoms with E-state index in [1.165, 1.54) is 76.9 Å². The van der Waals surface area contributed by atoms with Crippen molar-refractivity contribution >= 4 is 133 Å². The first kappa shape index (κ1) is 21.0. The Kier molecular flexibility index (Phi) is 5.72. The number of rotatable bonds is 2. The van der Waals surface area contributed by atoms with Gasteiger partial charge in [0, 0.05) is 0 Å². The van der Waals surface area contributed by atoms with E-state index >= 15 is 0 Å². The minimum absolute atomic E-state index is 1.33. The lowest BCUT2D eigenvalue weighted by atomic mass is 9.59. The van der Waals surface area contributed by atoms with Crippen LogP contribution in [0.15, 0.2) is 24.3 Å². The van der Waals surface area contributed by atoms with Gasteiger partial charge in [-0.1, -0.05) is 40.1 Å². The number of benzene rings is 3. The average molecular weight is 349 g/mol. The van der Waals surface area contributed by atoms with Gasteiger partial charge in [0.2, 0.25) is 0 Å². The van der Waals surface area contributed by atoms with E-state index in [9.17, 15) is 0 Å². The molecular formula is C18H24B10. The minimum atomic E-state index is 1.33. The van der Waals surface area contributed by atoms with Crippen LogP contribution in [0.2, 0.25) is 0 Å². The minimum Gasteiger partial charge on any atom is -0.102 e. The van der Waals surface area contributed by atoms with Crippen LogP contribution in [0.1, 0.15) is 0 Å². The molecule has 0 saturated carbocycles. The van der Waals surface area contributed by atoms with Crippen LogP contribution in [0.4, 0.5) is 0 Å². The summed E-state index contributed by atoms with van der Waals surface area (Å²) >= 11 is 0. The van der Waals surface area contributed by atoms with Gasteiger partial charge in [-0.2, -0.15) is 0 Å². The van der Waals surface area contributed by atoms with Crippen molar-refractivity contribution < 1.29 is 0 Å². The quantitative estimate of drug-likeness (QED) is 0.404. The monoisotopic (exact) mass is 350 g/mol. The van der Waals surface area contributed by atoms with Crippen molar-refractivity contribution in [2.75, 3.05) is 0 Å². The Morgan fingerprint density at radius 2 is 0.607 bits per heavy atom. The summed E-state index contributed by atoms with van der Waals surface area (Å²) in [6.07, 6.45) is 0. The fourth-order valence-corrected chi connectivity index (χ4v) is 4.70. The van der Waals surface area contributed by atoms with Gasteiger partial charge in [-0.15, -0.1) is 32.8 Å². The Morgan fingerprint density at radius 1 is 0.357 bits per heavy atom. The molecule has 0 atom stereocenters. The predicted octanol–water partition coefficient (Wildman–Crippen LogP) is -12.4. The van der Waals surface area contributed by atoms with Crippen molar-refractivity contribution in [2.45, 2.75) is 0 Å². The Morgan fingerprint density at radius 3 is 0.893 bits per heavy atom. The highest BCUT2D eigenvalue weighted by molar-refractivity contribution is 6.70. The van der Waals surface area contributed by atoms with E-state index < -0.39 is 0 Å². The number of hydrogen-bond acceptors (Lipinski definition) is 0. The lowest BCUT2D eigenvalue weighted by Crippen LogP contribution is -2.55. The first-order valence-electron chi connectivity index (χ1n) is 10.3. The molecule has 0 amide bonds. The molecule has 0 N–H and O–H groups in total. The van der Waals surface area contributed by atoms with E-state index in [1.54, 1.807) is 0 Å². The smallest absolute Gasteiger partial charge is 0.102 e. The van der Waals surface area contributed by atoms with Crippen molar-refractivity contribution in [3.63, 3.8) is 0 Å². The van der Waals surface area contributed by atoms with Crippen LogP contribution in [0, 0.1) is 0 Å². The van der Waals surface area contributed by atoms with E-state index in [2.05, 4.69) is 103 Å². The van der Waals surface area contributed by atoms with Crippen molar-refractivity contribution in [1.82, 2.24) is 0 Å². The van der Waals surface area contributed by atoms with Crippen LogP contribution in [-0.4, -0.2) is 78.5 Å². The number of hydrogen-bond donors (Lipinski definition) is 0. The predicted molar refractivity (Wildman–Crippen MR) is 159 cm³/mol. The summed E-state index contributed by atoms with van der Waals surface area (Å²) < 4.78 is 0. The molecule has 0 spiro atoms. The van der Waals surface area contributed by atoms with Crippen LogP contribution in [0.25, 0.3) is 22.3 Å². The lowest BCUT2D eigenvalue weighted by molar-refractivity contribution is 1.67. The first-order chi connectivity index (χ1) is 13.1. The van der Waals surface area contributed by atoms with Crippen LogP contribution in [0.3, 0.4) is 0 Å². The molecule has 3 aromatic rings. The Hall–Kier alpha value is -1.69. The molecule has 0 aromatic heterocycles. The molecule has 0 fully saturated rings. The van der Waals surface area contributed by atoms with Gasteiger partial charge in [0.15, 0.2) is 0 Å². The summed E-state index contributed by atoms with van der Waals surface area (Å²) in [7, 11) is 22.6. The van der Waals surface area contributed by atoms with Gasteiger partial charge < -0.3 is 0 Å². The second-order valence-corrected chi connectivity index (χ2v) is 8.58. The molecule has 0 aliphatic rings. The summed E-state index contributed by atoms with van der Waals surface area (Å²) in [5, 5.41) is 0. The molecule has 10 heteroatoms. The van der Waals surface area contributed by atoms with E-state index in [1.807, 2.05) is 0 Å². The summed E-state index contributed by atoms with van der Waals surface area (Å²) in [6.45, 7) is 0. The van der Waals surface area contributed by atoms with Crippen LogP contribution >= 0.6 is 0 Å². The molecule has 3 aromatic carbocycles. The van der Waals surface area contributed by atoms with E-state index in [0.717, 1.165) is 0 Å². The zero-order chi connectivity index (χ0) is 20.9. The van der Waals surface area contributed by atoms with Crippen molar-refractivity contribution in [3.8, 4) is 22.3 Å². The summed E-state index contributed by atoms with van der Waals surface area (Å²) in [4.78, 5) is 0. The molecule has 0 nitrogen and oxygen atoms in total. The molecule has 0 heterocycles. The maximum Gasteiger partial charge on any atom is 0.139 e. The second kappa shape index (κ2) is 7.62. The van der Waals surface area contributed by atoms with E-state index in [0.29, 0.717) is 0 Å². The molecule has 126 valence electrons. The normalized spacial score (nSPS) is 10.9. The van der Waals surface area contributed by atoms with Gasteiger partial charge in [-0.25, -0.2) is 0 Å². The molecule has 28 heavy (non-hydrogen) atoms. The third-order valence-electron chi connectivity index (χ3n) is 7.44. The molecule has 0 aliphatic carbocycles. The Balaban J connectivity index is 2.31. The third kappa shape index (κ3) is 3.19. The zero-order valence-corrected chi connectivity index (χ0v) is 19.3. The summed E-state index contributed by atoms with van der Waals surface area (Å²) in [5.41, 5.74) is 19.6. The topological polar surface area (TPSA) is 0 Å². The largest absolute Gasteiger partial charge is 0.139 e. The van der Waals surface area contributed by atoms with Gasteiger partial charge in [0.25, 0.3) is 0 Å². The van der Waals surface area contributed by atoms with Gasteiger partial charge in [-0.3, -0.25) is 0 Å². The second-order valence-electron chi connectivity index (χ2n) is 8.58. The highest BCUT2D eigenvalue weighted by Gasteiger charge is 2.16. The third-order valence-corrected chi connectivity index (χ3v) is 7.44. The van der Waals surface area contributed by atoms with Gasteiger partial charge in [0.05, 0.1) is 0 Å². The summed E-state index contributed by atoms with van der Waals surface area (Å²) in [5.74, 6) is 0. The molecule has 0 aliphatic heterocycles. The molecule has 3 rings (SSSR count). The van der Waals surface area contributed by atoms with Crippen molar-refractivity contribution in [3.05, 3.63) is 24.3 Å². The fourth-order valence-electron chi connectivity index (χ4n) is 4.70. The van der Waals surface area contributed by atoms with E-state index in [-0.39, 0.29) is 0 Å². The zero-order valence-electron chi connectivity index (χ0n) is 19.3. The van der Waals surface area contributed by atoms with Gasteiger partial charge in [0.1, 0.15) is 78.5 Å². The van der Waals surface area contributed by atoms with E-state index in [4.69, 9.17) is 0 Å². The molecule has 0 unspecified atom stereocenters. The van der Waals surface area contributed by atoms with Crippen molar-refractivity contribution in [2.24, 2.45) is 0 Å². The highest BCUT2D eigenvalue weighted by Crippen LogP contribution is 2.21. The molecule has 0 bridgehead atoms. The Labute approximate surface area is 179 Å². The molecule has 0 radical (unpaired) electrons. The van der Waals surface area contributed by atoms with Gasteiger partial charge >= 0.3 is 0 Å². The molecular weight excluding hydrogens is 324 g/mol. The Bertz CT molecular complexity index is 977. The van der Waals surface area contributed by atoms with Gasteiger partial charge in [-0.05, 0) is 28.3 Å². The van der Waals surface area contributed by atoms with Crippen molar-refractivity contribution in [1.29, 1.82) is 0 Å². The fraction of sp³-hybridized carbons (Fsp3) is 0. The SMILES string of the molecule is Bc1c(B)c(B)c(-c2cccc(-c3c(B)c(B)c(B)c(B)c3B)c2)c(B)c1B. The maximum absolute atomic E-state index is 2.40. The summed E-state index contributed by atoms with van der Waals surface area (Å²) in [6, 6.07) is 9.15. The first-order valence-corrected chi connectivity index (χ1v) is 10.3. The van der Waals surface area contributed by atoms with Crippen LogP contribution < -0.4 is 54.6 Å². The standard InChI is InChI=1S/C18H24B10/c19-9-7(10(20)14(24)17(27)13(9)23)5-2-1-3-6(4-5)8-11(21)15(25)18(28)16(26)12(8)22/h1-4H,19-28H2. The molecule has 0 saturated heterocycles. The van der Waals surface area contributed by atoms with Crippen LogP contribution in [-0.2, 0) is 0 Å². The average Bonchev–Trinajstić information content (AvgIpc) is 2.68.